The van der Waals surface area contributed by atoms with Crippen LogP contribution in [0.1, 0.15) is 38.3 Å². The van der Waals surface area contributed by atoms with Gasteiger partial charge in [0, 0.05) is 55.1 Å². The van der Waals surface area contributed by atoms with Crippen LogP contribution in [0, 0.1) is 17.6 Å². The summed E-state index contributed by atoms with van der Waals surface area (Å²) in [6.45, 7) is 7.97. The van der Waals surface area contributed by atoms with Gasteiger partial charge in [-0.15, -0.1) is 0 Å². The van der Waals surface area contributed by atoms with Gasteiger partial charge in [-0.2, -0.15) is 10.2 Å². The summed E-state index contributed by atoms with van der Waals surface area (Å²) in [6.07, 6.45) is 4.88. The van der Waals surface area contributed by atoms with Gasteiger partial charge in [0.05, 0.1) is 37.6 Å². The van der Waals surface area contributed by atoms with E-state index in [1.54, 1.807) is 17.9 Å². The van der Waals surface area contributed by atoms with E-state index in [9.17, 15) is 18.7 Å². The van der Waals surface area contributed by atoms with E-state index < -0.39 is 23.3 Å². The molecule has 0 radical (unpaired) electrons. The molecule has 12 nitrogen and oxygen atoms in total. The number of hydrogen-bond acceptors (Lipinski definition) is 9. The molecule has 7 rings (SSSR count). The molecule has 0 amide bonds. The minimum absolute atomic E-state index is 0.0121. The van der Waals surface area contributed by atoms with Crippen molar-refractivity contribution in [2.24, 2.45) is 5.92 Å². The average molecular weight is 701 g/mol. The maximum absolute atomic E-state index is 15.0. The van der Waals surface area contributed by atoms with E-state index >= 15 is 0 Å². The molecule has 5 aromatic rings. The molecule has 0 bridgehead atoms. The maximum atomic E-state index is 15.0. The Morgan fingerprint density at radius 3 is 2.22 bits per heavy atom. The summed E-state index contributed by atoms with van der Waals surface area (Å²) in [6, 6.07) is 19.2. The molecule has 4 heterocycles. The molecule has 14 heteroatoms. The Morgan fingerprint density at radius 2 is 1.61 bits per heavy atom. The molecule has 2 fully saturated rings. The molecule has 51 heavy (non-hydrogen) atoms. The van der Waals surface area contributed by atoms with Gasteiger partial charge in [-0.05, 0) is 74.4 Å². The second kappa shape index (κ2) is 14.6. The fourth-order valence-corrected chi connectivity index (χ4v) is 7.24. The Balaban J connectivity index is 0.923. The van der Waals surface area contributed by atoms with Crippen LogP contribution in [0.2, 0.25) is 0 Å². The van der Waals surface area contributed by atoms with Crippen LogP contribution >= 0.6 is 0 Å². The number of nitrogens with zero attached hydrogens (tertiary/aromatic N) is 8. The highest BCUT2D eigenvalue weighted by molar-refractivity contribution is 5.54. The van der Waals surface area contributed by atoms with Crippen LogP contribution < -0.4 is 20.2 Å². The molecule has 1 N–H and O–H groups in total. The third kappa shape index (κ3) is 7.24. The number of rotatable bonds is 12. The van der Waals surface area contributed by atoms with Gasteiger partial charge in [-0.3, -0.25) is 0 Å². The number of aromatic nitrogens is 6. The summed E-state index contributed by atoms with van der Waals surface area (Å²) in [7, 11) is 0. The lowest BCUT2D eigenvalue weighted by Crippen LogP contribution is -2.46. The molecule has 268 valence electrons. The molecule has 0 aliphatic carbocycles. The van der Waals surface area contributed by atoms with Crippen molar-refractivity contribution in [2.75, 3.05) is 49.2 Å². The number of halogens is 2. The van der Waals surface area contributed by atoms with Crippen LogP contribution in [0.4, 0.5) is 20.2 Å². The molecular weight excluding hydrogens is 658 g/mol. The van der Waals surface area contributed by atoms with Gasteiger partial charge in [0.25, 0.3) is 0 Å². The molecule has 2 aliphatic heterocycles. The minimum atomic E-state index is -1.02. The van der Waals surface area contributed by atoms with Crippen molar-refractivity contribution < 1.29 is 23.4 Å². The average Bonchev–Trinajstić information content (AvgIpc) is 3.90. The van der Waals surface area contributed by atoms with E-state index in [1.165, 1.54) is 34.0 Å². The number of aliphatic hydroxyl groups excluding tert-OH is 1. The third-order valence-electron chi connectivity index (χ3n) is 9.96. The van der Waals surface area contributed by atoms with Gasteiger partial charge >= 0.3 is 5.69 Å². The first-order valence-electron chi connectivity index (χ1n) is 17.3. The van der Waals surface area contributed by atoms with Gasteiger partial charge < -0.3 is 24.4 Å². The lowest BCUT2D eigenvalue weighted by atomic mass is 9.87. The Morgan fingerprint density at radius 1 is 0.941 bits per heavy atom. The molecule has 0 spiro atoms. The fourth-order valence-electron chi connectivity index (χ4n) is 7.24. The summed E-state index contributed by atoms with van der Waals surface area (Å²) in [5, 5.41) is 18.5. The van der Waals surface area contributed by atoms with Crippen LogP contribution in [0.3, 0.4) is 0 Å². The molecule has 4 atom stereocenters. The number of piperazine rings is 1. The zero-order chi connectivity index (χ0) is 35.5. The molecule has 3 aromatic carbocycles. The topological polar surface area (TPSA) is 116 Å². The monoisotopic (exact) mass is 700 g/mol. The third-order valence-corrected chi connectivity index (χ3v) is 9.96. The predicted octanol–water partition coefficient (Wildman–Crippen LogP) is 4.57. The van der Waals surface area contributed by atoms with Crippen molar-refractivity contribution >= 4 is 11.4 Å². The van der Waals surface area contributed by atoms with E-state index in [1.807, 2.05) is 43.3 Å². The van der Waals surface area contributed by atoms with Crippen molar-refractivity contribution in [3.8, 4) is 11.4 Å². The number of hydrogen-bond donors (Lipinski definition) is 1. The lowest BCUT2D eigenvalue weighted by Gasteiger charge is -2.37. The maximum Gasteiger partial charge on any atom is 0.350 e. The first-order valence-corrected chi connectivity index (χ1v) is 17.3. The van der Waals surface area contributed by atoms with E-state index in [4.69, 9.17) is 9.47 Å². The minimum Gasteiger partial charge on any atom is -0.493 e. The summed E-state index contributed by atoms with van der Waals surface area (Å²) in [4.78, 5) is 21.7. The van der Waals surface area contributed by atoms with Crippen LogP contribution in [0.25, 0.3) is 5.69 Å². The highest BCUT2D eigenvalue weighted by Gasteiger charge is 2.44. The van der Waals surface area contributed by atoms with Gasteiger partial charge in [-0.25, -0.2) is 32.5 Å². The SMILES string of the molecule is CCC([C@H](C)O)n1ncn(-c2ccc(N3CCN(c4ccc(OCC5COC(Cn6cncn6)(c6ccc(F)cc6F)C5)cc4)CC3)cc2)c1=O. The molecule has 2 aliphatic rings. The smallest absolute Gasteiger partial charge is 0.350 e. The molecule has 0 saturated carbocycles. The summed E-state index contributed by atoms with van der Waals surface area (Å²) in [5.74, 6) is -0.563. The van der Waals surface area contributed by atoms with E-state index in [0.29, 0.717) is 31.6 Å². The highest BCUT2D eigenvalue weighted by atomic mass is 19.1. The Hall–Kier alpha value is -5.08. The van der Waals surface area contributed by atoms with E-state index in [-0.39, 0.29) is 24.2 Å². The number of anilines is 2. The largest absolute Gasteiger partial charge is 0.493 e. The van der Waals surface area contributed by atoms with Gasteiger partial charge in [0.1, 0.15) is 42.0 Å². The second-order valence-corrected chi connectivity index (χ2v) is 13.3. The van der Waals surface area contributed by atoms with Crippen molar-refractivity contribution in [2.45, 2.75) is 51.0 Å². The van der Waals surface area contributed by atoms with Crippen molar-refractivity contribution in [3.05, 3.63) is 113 Å². The lowest BCUT2D eigenvalue weighted by molar-refractivity contribution is -0.0206. The summed E-state index contributed by atoms with van der Waals surface area (Å²) in [5.41, 5.74) is 1.93. The van der Waals surface area contributed by atoms with Crippen LogP contribution in [0.5, 0.6) is 5.75 Å². The van der Waals surface area contributed by atoms with Crippen molar-refractivity contribution in [1.29, 1.82) is 0 Å². The molecule has 2 saturated heterocycles. The second-order valence-electron chi connectivity index (χ2n) is 13.3. The van der Waals surface area contributed by atoms with Crippen LogP contribution in [-0.4, -0.2) is 79.7 Å². The number of aliphatic hydroxyl groups is 1. The van der Waals surface area contributed by atoms with E-state index in [0.717, 1.165) is 55.1 Å². The molecule has 3 unspecified atom stereocenters. The highest BCUT2D eigenvalue weighted by Crippen LogP contribution is 2.42. The van der Waals surface area contributed by atoms with Gasteiger partial charge in [0.15, 0.2) is 0 Å². The Labute approximate surface area is 294 Å². The van der Waals surface area contributed by atoms with Gasteiger partial charge in [0.2, 0.25) is 0 Å². The quantitative estimate of drug-likeness (QED) is 0.200. The van der Waals surface area contributed by atoms with E-state index in [2.05, 4.69) is 37.1 Å². The van der Waals surface area contributed by atoms with Crippen molar-refractivity contribution in [1.82, 2.24) is 29.1 Å². The standard InChI is InChI=1S/C37H42F2N8O4/c1-3-35(26(2)48)47-36(49)46(25-42-47)31-7-5-29(6-8-31)43-14-16-44(17-15-43)30-9-11-32(12-10-30)50-20-27-19-37(51-21-27,22-45-24-40-23-41-45)33-13-4-28(38)18-34(33)39/h4-13,18,23-27,35,48H,3,14-17,19-22H2,1-2H3/t26-,27?,35?,37?/m0/s1. The van der Waals surface area contributed by atoms with Crippen LogP contribution in [-0.2, 0) is 16.9 Å². The molecular formula is C37H42F2N8O4. The first-order chi connectivity index (χ1) is 24.7. The number of ether oxygens (including phenoxy) is 2. The van der Waals surface area contributed by atoms with Gasteiger partial charge in [-0.1, -0.05) is 13.0 Å². The molecule has 2 aromatic heterocycles. The zero-order valence-electron chi connectivity index (χ0n) is 28.7. The van der Waals surface area contributed by atoms with Crippen molar-refractivity contribution in [3.63, 3.8) is 0 Å². The summed E-state index contributed by atoms with van der Waals surface area (Å²) >= 11 is 0. The Kier molecular flexibility index (Phi) is 9.87. The predicted molar refractivity (Wildman–Crippen MR) is 187 cm³/mol. The summed E-state index contributed by atoms with van der Waals surface area (Å²) < 4.78 is 45.6. The fraction of sp³-hybridized carbons (Fsp3) is 0.405. The Bertz CT molecular complexity index is 1960. The number of benzene rings is 3. The normalized spacial score (nSPS) is 20.5. The van der Waals surface area contributed by atoms with Crippen LogP contribution in [0.15, 0.2) is 90.5 Å². The zero-order valence-corrected chi connectivity index (χ0v) is 28.7. The first kappa shape index (κ1) is 34.4.